The highest BCUT2D eigenvalue weighted by Gasteiger charge is 2.26. The molecule has 1 aromatic carbocycles. The minimum absolute atomic E-state index is 0.0347. The minimum Gasteiger partial charge on any atom is -0.389 e. The Morgan fingerprint density at radius 3 is 2.37 bits per heavy atom. The van der Waals surface area contributed by atoms with Gasteiger partial charge in [0.15, 0.2) is 0 Å². The van der Waals surface area contributed by atoms with E-state index >= 15 is 0 Å². The molecule has 0 atom stereocenters. The summed E-state index contributed by atoms with van der Waals surface area (Å²) in [4.78, 5) is 0.217. The molecule has 0 aliphatic rings. The summed E-state index contributed by atoms with van der Waals surface area (Å²) in [6.07, 6.45) is 0. The fourth-order valence-electron chi connectivity index (χ4n) is 1.87. The molecule has 1 aromatic rings. The van der Waals surface area contributed by atoms with E-state index in [1.165, 1.54) is 7.05 Å². The molecule has 19 heavy (non-hydrogen) atoms. The zero-order valence-electron chi connectivity index (χ0n) is 11.8. The van der Waals surface area contributed by atoms with Gasteiger partial charge in [0.05, 0.1) is 10.5 Å². The van der Waals surface area contributed by atoms with E-state index in [0.717, 1.165) is 15.4 Å². The molecule has 0 aliphatic heterocycles. The molecule has 0 aliphatic carbocycles. The number of hydrogen-bond acceptors (Lipinski definition) is 4. The van der Waals surface area contributed by atoms with Gasteiger partial charge in [-0.25, -0.2) is 8.42 Å². The maximum atomic E-state index is 12.3. The van der Waals surface area contributed by atoms with Crippen molar-refractivity contribution >= 4 is 10.0 Å². The quantitative estimate of drug-likeness (QED) is 0.840. The van der Waals surface area contributed by atoms with Crippen molar-refractivity contribution in [2.45, 2.75) is 37.8 Å². The molecule has 0 spiro atoms. The Morgan fingerprint density at radius 2 is 1.95 bits per heavy atom. The van der Waals surface area contributed by atoms with Gasteiger partial charge in [0.1, 0.15) is 0 Å². The third-order valence-corrected chi connectivity index (χ3v) is 4.65. The number of rotatable bonds is 5. The molecule has 0 fully saturated rings. The van der Waals surface area contributed by atoms with Crippen molar-refractivity contribution in [2.75, 3.05) is 13.6 Å². The molecule has 0 heterocycles. The predicted molar refractivity (Wildman–Crippen MR) is 75.2 cm³/mol. The van der Waals surface area contributed by atoms with Crippen LogP contribution < -0.4 is 5.73 Å². The van der Waals surface area contributed by atoms with Crippen LogP contribution in [-0.2, 0) is 16.6 Å². The highest BCUT2D eigenvalue weighted by molar-refractivity contribution is 7.89. The number of aliphatic hydroxyl groups is 1. The summed E-state index contributed by atoms with van der Waals surface area (Å²) in [6.45, 7) is 5.39. The Bertz CT molecular complexity index is 547. The third kappa shape index (κ3) is 4.01. The largest absolute Gasteiger partial charge is 0.389 e. The molecular formula is C13H22N2O3S. The molecule has 0 amide bonds. The zero-order chi connectivity index (χ0) is 14.8. The van der Waals surface area contributed by atoms with Crippen molar-refractivity contribution in [1.82, 2.24) is 4.31 Å². The molecule has 0 unspecified atom stereocenters. The second-order valence-corrected chi connectivity index (χ2v) is 7.41. The van der Waals surface area contributed by atoms with Crippen molar-refractivity contribution in [1.29, 1.82) is 0 Å². The smallest absolute Gasteiger partial charge is 0.242 e. The molecule has 1 rings (SSSR count). The lowest BCUT2D eigenvalue weighted by Gasteiger charge is -2.25. The van der Waals surface area contributed by atoms with Crippen molar-refractivity contribution < 1.29 is 13.5 Å². The maximum Gasteiger partial charge on any atom is 0.242 e. The van der Waals surface area contributed by atoms with Crippen LogP contribution in [0.1, 0.15) is 25.0 Å². The number of likely N-dealkylation sites (N-methyl/N-ethyl adjacent to an activating group) is 1. The minimum atomic E-state index is -3.59. The molecule has 6 heteroatoms. The molecule has 0 bridgehead atoms. The topological polar surface area (TPSA) is 83.6 Å². The van der Waals surface area contributed by atoms with E-state index in [2.05, 4.69) is 0 Å². The number of benzene rings is 1. The fraction of sp³-hybridized carbons (Fsp3) is 0.538. The second kappa shape index (κ2) is 5.58. The average molecular weight is 286 g/mol. The molecular weight excluding hydrogens is 264 g/mol. The van der Waals surface area contributed by atoms with Gasteiger partial charge < -0.3 is 10.8 Å². The van der Waals surface area contributed by atoms with Gasteiger partial charge >= 0.3 is 0 Å². The lowest BCUT2D eigenvalue weighted by atomic mass is 10.1. The van der Waals surface area contributed by atoms with E-state index in [9.17, 15) is 13.5 Å². The van der Waals surface area contributed by atoms with Gasteiger partial charge in [0.25, 0.3) is 0 Å². The standard InChI is InChI=1S/C13H22N2O3S/c1-10-7-12(6-5-11(10)8-14)19(17,18)15(4)9-13(2,3)16/h5-7,16H,8-9,14H2,1-4H3. The van der Waals surface area contributed by atoms with Gasteiger partial charge in [-0.3, -0.25) is 0 Å². The van der Waals surface area contributed by atoms with E-state index in [-0.39, 0.29) is 11.4 Å². The summed E-state index contributed by atoms with van der Waals surface area (Å²) >= 11 is 0. The third-order valence-electron chi connectivity index (χ3n) is 2.85. The summed E-state index contributed by atoms with van der Waals surface area (Å²) in [5.41, 5.74) is 6.25. The van der Waals surface area contributed by atoms with Crippen LogP contribution in [0.15, 0.2) is 23.1 Å². The Balaban J connectivity index is 3.10. The first-order valence-corrected chi connectivity index (χ1v) is 7.50. The summed E-state index contributed by atoms with van der Waals surface area (Å²) in [5.74, 6) is 0. The van der Waals surface area contributed by atoms with Crippen molar-refractivity contribution in [3.63, 3.8) is 0 Å². The van der Waals surface area contributed by atoms with Crippen LogP contribution >= 0.6 is 0 Å². The molecule has 0 saturated heterocycles. The fourth-order valence-corrected chi connectivity index (χ4v) is 3.28. The number of nitrogens with two attached hydrogens (primary N) is 1. The van der Waals surface area contributed by atoms with Crippen LogP contribution in [0.5, 0.6) is 0 Å². The molecule has 0 radical (unpaired) electrons. The van der Waals surface area contributed by atoms with Gasteiger partial charge in [0.2, 0.25) is 10.0 Å². The maximum absolute atomic E-state index is 12.3. The Labute approximate surface area is 115 Å². The Kier molecular flexibility index (Phi) is 4.73. The Hall–Kier alpha value is -0.950. The van der Waals surface area contributed by atoms with Crippen molar-refractivity contribution in [3.8, 4) is 0 Å². The van der Waals surface area contributed by atoms with Crippen LogP contribution in [0.2, 0.25) is 0 Å². The first-order valence-electron chi connectivity index (χ1n) is 6.06. The highest BCUT2D eigenvalue weighted by Crippen LogP contribution is 2.19. The van der Waals surface area contributed by atoms with Crippen LogP contribution in [0.25, 0.3) is 0 Å². The first-order chi connectivity index (χ1) is 8.58. The van der Waals surface area contributed by atoms with E-state index in [0.29, 0.717) is 6.54 Å². The van der Waals surface area contributed by atoms with E-state index in [1.54, 1.807) is 32.0 Å². The zero-order valence-corrected chi connectivity index (χ0v) is 12.7. The molecule has 0 aromatic heterocycles. The summed E-state index contributed by atoms with van der Waals surface area (Å²) < 4.78 is 25.8. The molecule has 3 N–H and O–H groups in total. The monoisotopic (exact) mass is 286 g/mol. The number of hydrogen-bond donors (Lipinski definition) is 2. The van der Waals surface area contributed by atoms with Gasteiger partial charge in [-0.1, -0.05) is 6.07 Å². The van der Waals surface area contributed by atoms with Crippen LogP contribution in [0.4, 0.5) is 0 Å². The second-order valence-electron chi connectivity index (χ2n) is 5.37. The lowest BCUT2D eigenvalue weighted by Crippen LogP contribution is -2.39. The van der Waals surface area contributed by atoms with E-state index in [4.69, 9.17) is 5.73 Å². The highest BCUT2D eigenvalue weighted by atomic mass is 32.2. The van der Waals surface area contributed by atoms with Crippen LogP contribution in [0, 0.1) is 6.92 Å². The predicted octanol–water partition coefficient (Wildman–Crippen LogP) is 0.845. The molecule has 0 saturated carbocycles. The molecule has 108 valence electrons. The number of nitrogens with zero attached hydrogens (tertiary/aromatic N) is 1. The number of sulfonamides is 1. The summed E-state index contributed by atoms with van der Waals surface area (Å²) in [7, 11) is -2.13. The van der Waals surface area contributed by atoms with Gasteiger partial charge in [-0.05, 0) is 44.0 Å². The average Bonchev–Trinajstić information content (AvgIpc) is 2.26. The molecule has 5 nitrogen and oxygen atoms in total. The van der Waals surface area contributed by atoms with E-state index < -0.39 is 15.6 Å². The Morgan fingerprint density at radius 1 is 1.37 bits per heavy atom. The number of aryl methyl sites for hydroxylation is 1. The summed E-state index contributed by atoms with van der Waals surface area (Å²) in [6, 6.07) is 4.88. The lowest BCUT2D eigenvalue weighted by molar-refractivity contribution is 0.0640. The van der Waals surface area contributed by atoms with E-state index in [1.807, 2.05) is 6.92 Å². The van der Waals surface area contributed by atoms with Crippen molar-refractivity contribution in [3.05, 3.63) is 29.3 Å². The van der Waals surface area contributed by atoms with Gasteiger partial charge in [-0.2, -0.15) is 4.31 Å². The van der Waals surface area contributed by atoms with Gasteiger partial charge in [-0.15, -0.1) is 0 Å². The van der Waals surface area contributed by atoms with Crippen molar-refractivity contribution in [2.24, 2.45) is 5.73 Å². The first kappa shape index (κ1) is 16.1. The van der Waals surface area contributed by atoms with Crippen LogP contribution in [0.3, 0.4) is 0 Å². The summed E-state index contributed by atoms with van der Waals surface area (Å²) in [5, 5.41) is 9.71. The SMILES string of the molecule is Cc1cc(S(=O)(=O)N(C)CC(C)(C)O)ccc1CN. The van der Waals surface area contributed by atoms with Gasteiger partial charge in [0, 0.05) is 20.1 Å². The van der Waals surface area contributed by atoms with Crippen LogP contribution in [-0.4, -0.2) is 37.0 Å². The normalized spacial score (nSPS) is 13.0.